The summed E-state index contributed by atoms with van der Waals surface area (Å²) < 4.78 is 1.98. The molecule has 0 aliphatic carbocycles. The number of fused-ring (bicyclic) bond motifs is 1. The molecule has 0 saturated heterocycles. The molecule has 0 spiro atoms. The molecule has 2 heterocycles. The van der Waals surface area contributed by atoms with Crippen molar-refractivity contribution in [2.75, 3.05) is 5.73 Å². The molecule has 0 saturated carbocycles. The number of hydrogen-bond acceptors (Lipinski definition) is 3. The molecular formula is C14H18N4. The van der Waals surface area contributed by atoms with E-state index in [1.54, 1.807) is 0 Å². The van der Waals surface area contributed by atoms with Crippen LogP contribution in [0.4, 0.5) is 5.69 Å². The van der Waals surface area contributed by atoms with Crippen LogP contribution < -0.4 is 5.73 Å². The first-order valence-corrected chi connectivity index (χ1v) is 6.32. The lowest BCUT2D eigenvalue weighted by atomic mass is 10.1. The van der Waals surface area contributed by atoms with Gasteiger partial charge >= 0.3 is 0 Å². The minimum absolute atomic E-state index is 0.455. The van der Waals surface area contributed by atoms with Crippen LogP contribution in [0.2, 0.25) is 0 Å². The second-order valence-electron chi connectivity index (χ2n) is 4.97. The number of aromatic nitrogens is 2. The van der Waals surface area contributed by atoms with Gasteiger partial charge in [-0.15, -0.1) is 0 Å². The third-order valence-corrected chi connectivity index (χ3v) is 3.68. The van der Waals surface area contributed by atoms with Crippen molar-refractivity contribution < 1.29 is 0 Å². The van der Waals surface area contributed by atoms with Crippen molar-refractivity contribution in [3.05, 3.63) is 47.8 Å². The molecule has 0 bridgehead atoms. The first kappa shape index (κ1) is 11.3. The van der Waals surface area contributed by atoms with E-state index >= 15 is 0 Å². The van der Waals surface area contributed by atoms with E-state index in [-0.39, 0.29) is 0 Å². The van der Waals surface area contributed by atoms with E-state index in [0.29, 0.717) is 6.04 Å². The Balaban J connectivity index is 1.72. The predicted octanol–water partition coefficient (Wildman–Crippen LogP) is 1.87. The highest BCUT2D eigenvalue weighted by molar-refractivity contribution is 5.52. The van der Waals surface area contributed by atoms with E-state index in [2.05, 4.69) is 23.0 Å². The summed E-state index contributed by atoms with van der Waals surface area (Å²) in [5.74, 6) is 0. The zero-order valence-corrected chi connectivity index (χ0v) is 10.6. The van der Waals surface area contributed by atoms with E-state index in [4.69, 9.17) is 5.73 Å². The Bertz CT molecular complexity index is 533. The first-order valence-electron chi connectivity index (χ1n) is 6.32. The maximum atomic E-state index is 6.03. The summed E-state index contributed by atoms with van der Waals surface area (Å²) >= 11 is 0. The zero-order chi connectivity index (χ0) is 12.5. The Morgan fingerprint density at radius 1 is 1.33 bits per heavy atom. The summed E-state index contributed by atoms with van der Waals surface area (Å²) in [7, 11) is 0. The molecule has 4 nitrogen and oxygen atoms in total. The summed E-state index contributed by atoms with van der Waals surface area (Å²) in [5, 5.41) is 4.26. The Morgan fingerprint density at radius 2 is 2.22 bits per heavy atom. The van der Waals surface area contributed by atoms with E-state index in [0.717, 1.165) is 25.3 Å². The van der Waals surface area contributed by atoms with Gasteiger partial charge in [0.25, 0.3) is 0 Å². The van der Waals surface area contributed by atoms with Crippen molar-refractivity contribution in [1.82, 2.24) is 14.7 Å². The average Bonchev–Trinajstić information content (AvgIpc) is 2.97. The van der Waals surface area contributed by atoms with Crippen LogP contribution in [0, 0.1) is 0 Å². The topological polar surface area (TPSA) is 47.1 Å². The number of anilines is 1. The van der Waals surface area contributed by atoms with Crippen LogP contribution in [0.3, 0.4) is 0 Å². The highest BCUT2D eigenvalue weighted by Gasteiger charge is 2.24. The van der Waals surface area contributed by atoms with Gasteiger partial charge in [0.15, 0.2) is 0 Å². The number of nitrogens with zero attached hydrogens (tertiary/aromatic N) is 3. The van der Waals surface area contributed by atoms with Crippen molar-refractivity contribution in [2.24, 2.45) is 0 Å². The molecule has 2 N–H and O–H groups in total. The zero-order valence-electron chi connectivity index (χ0n) is 10.6. The maximum absolute atomic E-state index is 6.03. The molecule has 0 radical (unpaired) electrons. The normalized spacial score (nSPS) is 16.7. The first-order chi connectivity index (χ1) is 8.74. The van der Waals surface area contributed by atoms with Crippen molar-refractivity contribution in [3.8, 4) is 0 Å². The lowest BCUT2D eigenvalue weighted by Crippen LogP contribution is -2.32. The summed E-state index contributed by atoms with van der Waals surface area (Å²) in [6, 6.07) is 8.61. The third kappa shape index (κ3) is 1.99. The number of rotatable bonds is 3. The average molecular weight is 242 g/mol. The van der Waals surface area contributed by atoms with Crippen LogP contribution >= 0.6 is 0 Å². The smallest absolute Gasteiger partial charge is 0.0562 e. The van der Waals surface area contributed by atoms with Gasteiger partial charge in [0, 0.05) is 37.2 Å². The van der Waals surface area contributed by atoms with Crippen LogP contribution in [0.5, 0.6) is 0 Å². The Hall–Kier alpha value is -1.81. The van der Waals surface area contributed by atoms with E-state index in [1.807, 2.05) is 35.3 Å². The van der Waals surface area contributed by atoms with E-state index < -0.39 is 0 Å². The highest BCUT2D eigenvalue weighted by atomic mass is 15.3. The fourth-order valence-corrected chi connectivity index (χ4v) is 2.58. The molecule has 4 heteroatoms. The maximum Gasteiger partial charge on any atom is 0.0562 e. The van der Waals surface area contributed by atoms with Crippen LogP contribution in [-0.2, 0) is 19.6 Å². The SMILES string of the molecule is CC(Cn1cccn1)N1Cc2cccc(N)c2C1. The number of nitrogen functional groups attached to an aromatic ring is 1. The highest BCUT2D eigenvalue weighted by Crippen LogP contribution is 2.28. The van der Waals surface area contributed by atoms with Crippen LogP contribution in [-0.4, -0.2) is 20.7 Å². The summed E-state index contributed by atoms with van der Waals surface area (Å²) in [6.45, 7) is 5.10. The third-order valence-electron chi connectivity index (χ3n) is 3.68. The molecule has 18 heavy (non-hydrogen) atoms. The van der Waals surface area contributed by atoms with Gasteiger partial charge in [0.2, 0.25) is 0 Å². The largest absolute Gasteiger partial charge is 0.398 e. The number of hydrogen-bond donors (Lipinski definition) is 1. The summed E-state index contributed by atoms with van der Waals surface area (Å²) in [6.07, 6.45) is 3.83. The molecule has 1 aromatic heterocycles. The molecule has 0 fully saturated rings. The molecule has 1 aliphatic rings. The lowest BCUT2D eigenvalue weighted by Gasteiger charge is -2.23. The Morgan fingerprint density at radius 3 is 2.94 bits per heavy atom. The van der Waals surface area contributed by atoms with Gasteiger partial charge in [-0.1, -0.05) is 12.1 Å². The van der Waals surface area contributed by atoms with E-state index in [9.17, 15) is 0 Å². The van der Waals surface area contributed by atoms with Crippen LogP contribution in [0.25, 0.3) is 0 Å². The molecule has 1 aliphatic heterocycles. The van der Waals surface area contributed by atoms with Gasteiger partial charge in [-0.3, -0.25) is 9.58 Å². The van der Waals surface area contributed by atoms with Crippen molar-refractivity contribution >= 4 is 5.69 Å². The van der Waals surface area contributed by atoms with Gasteiger partial charge in [-0.25, -0.2) is 0 Å². The molecule has 3 rings (SSSR count). The van der Waals surface area contributed by atoms with Gasteiger partial charge in [0.1, 0.15) is 0 Å². The number of benzene rings is 1. The molecule has 1 unspecified atom stereocenters. The molecule has 2 aromatic rings. The number of nitrogens with two attached hydrogens (primary N) is 1. The van der Waals surface area contributed by atoms with Crippen LogP contribution in [0.15, 0.2) is 36.7 Å². The molecule has 1 atom stereocenters. The molecular weight excluding hydrogens is 224 g/mol. The van der Waals surface area contributed by atoms with Crippen LogP contribution in [0.1, 0.15) is 18.1 Å². The lowest BCUT2D eigenvalue weighted by molar-refractivity contribution is 0.189. The van der Waals surface area contributed by atoms with E-state index in [1.165, 1.54) is 11.1 Å². The fraction of sp³-hybridized carbons (Fsp3) is 0.357. The summed E-state index contributed by atoms with van der Waals surface area (Å²) in [5.41, 5.74) is 9.60. The monoisotopic (exact) mass is 242 g/mol. The van der Waals surface area contributed by atoms with Gasteiger partial charge in [0.05, 0.1) is 6.54 Å². The fourth-order valence-electron chi connectivity index (χ4n) is 2.58. The standard InChI is InChI=1S/C14H18N4/c1-11(8-18-7-3-6-16-18)17-9-12-4-2-5-14(15)13(12)10-17/h2-7,11H,8-10,15H2,1H3. The minimum Gasteiger partial charge on any atom is -0.398 e. The predicted molar refractivity (Wildman–Crippen MR) is 71.8 cm³/mol. The Labute approximate surface area is 107 Å². The molecule has 1 aromatic carbocycles. The second kappa shape index (κ2) is 4.46. The van der Waals surface area contributed by atoms with Crippen molar-refractivity contribution in [1.29, 1.82) is 0 Å². The van der Waals surface area contributed by atoms with Gasteiger partial charge in [-0.2, -0.15) is 5.10 Å². The van der Waals surface area contributed by atoms with Gasteiger partial charge < -0.3 is 5.73 Å². The Kier molecular flexibility index (Phi) is 2.80. The molecule has 94 valence electrons. The van der Waals surface area contributed by atoms with Crippen molar-refractivity contribution in [2.45, 2.75) is 32.6 Å². The van der Waals surface area contributed by atoms with Gasteiger partial charge in [-0.05, 0) is 30.2 Å². The van der Waals surface area contributed by atoms with Crippen molar-refractivity contribution in [3.63, 3.8) is 0 Å². The quantitative estimate of drug-likeness (QED) is 0.836. The molecule has 0 amide bonds. The summed E-state index contributed by atoms with van der Waals surface area (Å²) in [4.78, 5) is 2.45. The minimum atomic E-state index is 0.455. The second-order valence-corrected chi connectivity index (χ2v) is 4.97.